The van der Waals surface area contributed by atoms with Crippen LogP contribution < -0.4 is 16.2 Å². The summed E-state index contributed by atoms with van der Waals surface area (Å²) in [5.41, 5.74) is 7.48. The summed E-state index contributed by atoms with van der Waals surface area (Å²) in [5, 5.41) is 2.72. The lowest BCUT2D eigenvalue weighted by Gasteiger charge is -2.09. The predicted octanol–water partition coefficient (Wildman–Crippen LogP) is 2.36. The van der Waals surface area contributed by atoms with Crippen molar-refractivity contribution >= 4 is 17.7 Å². The second kappa shape index (κ2) is 8.55. The summed E-state index contributed by atoms with van der Waals surface area (Å²) in [7, 11) is 0. The second-order valence-electron chi connectivity index (χ2n) is 4.96. The molecule has 0 saturated carbocycles. The fourth-order valence-corrected chi connectivity index (χ4v) is 1.88. The molecule has 0 unspecified atom stereocenters. The molecule has 2 amide bonds. The lowest BCUT2D eigenvalue weighted by molar-refractivity contribution is -0.115. The zero-order valence-electron chi connectivity index (χ0n) is 12.8. The van der Waals surface area contributed by atoms with Gasteiger partial charge in [-0.05, 0) is 30.2 Å². The fourth-order valence-electron chi connectivity index (χ4n) is 1.88. The molecule has 0 aliphatic carbocycles. The van der Waals surface area contributed by atoms with Gasteiger partial charge in [0.15, 0.2) is 0 Å². The van der Waals surface area contributed by atoms with E-state index in [9.17, 15) is 9.59 Å². The number of benzene rings is 2. The van der Waals surface area contributed by atoms with Crippen molar-refractivity contribution in [2.45, 2.75) is 13.5 Å². The van der Waals surface area contributed by atoms with Gasteiger partial charge >= 0.3 is 6.09 Å². The van der Waals surface area contributed by atoms with E-state index in [1.807, 2.05) is 55.5 Å². The van der Waals surface area contributed by atoms with E-state index in [-0.39, 0.29) is 19.1 Å². The Morgan fingerprint density at radius 2 is 1.83 bits per heavy atom. The first-order valence-electron chi connectivity index (χ1n) is 7.19. The molecule has 0 bridgehead atoms. The van der Waals surface area contributed by atoms with Crippen LogP contribution >= 0.6 is 0 Å². The van der Waals surface area contributed by atoms with E-state index in [4.69, 9.17) is 4.74 Å². The summed E-state index contributed by atoms with van der Waals surface area (Å²) < 4.78 is 5.00. The first kappa shape index (κ1) is 16.5. The number of carbonyl (C=O) groups is 2. The average molecular weight is 313 g/mol. The number of hydrazine groups is 1. The summed E-state index contributed by atoms with van der Waals surface area (Å²) in [6, 6.07) is 16.8. The number of carbonyl (C=O) groups excluding carboxylic acids is 2. The minimum absolute atomic E-state index is 0.0611. The molecule has 6 heteroatoms. The maximum Gasteiger partial charge on any atom is 0.421 e. The Labute approximate surface area is 134 Å². The predicted molar refractivity (Wildman–Crippen MR) is 87.6 cm³/mol. The molecular weight excluding hydrogens is 294 g/mol. The topological polar surface area (TPSA) is 79.5 Å². The van der Waals surface area contributed by atoms with Crippen molar-refractivity contribution < 1.29 is 14.3 Å². The standard InChI is InChI=1S/C17H19N3O3/c1-13-6-5-9-15(10-13)19-16(21)11-18-20-17(22)23-12-14-7-3-2-4-8-14/h2-10,18H,11-12H2,1H3,(H,19,21)(H,20,22). The van der Waals surface area contributed by atoms with Crippen molar-refractivity contribution in [2.24, 2.45) is 0 Å². The Morgan fingerprint density at radius 1 is 1.04 bits per heavy atom. The molecule has 3 N–H and O–H groups in total. The maximum atomic E-state index is 11.7. The van der Waals surface area contributed by atoms with E-state index < -0.39 is 6.09 Å². The van der Waals surface area contributed by atoms with Gasteiger partial charge in [-0.1, -0.05) is 42.5 Å². The molecule has 0 radical (unpaired) electrons. The third kappa shape index (κ3) is 6.19. The Kier molecular flexibility index (Phi) is 6.14. The number of amides is 2. The molecule has 120 valence electrons. The van der Waals surface area contributed by atoms with Crippen LogP contribution in [0, 0.1) is 6.92 Å². The summed E-state index contributed by atoms with van der Waals surface area (Å²) in [5.74, 6) is -0.265. The summed E-state index contributed by atoms with van der Waals surface area (Å²) in [6.07, 6.45) is -0.641. The zero-order chi connectivity index (χ0) is 16.5. The normalized spacial score (nSPS) is 9.96. The van der Waals surface area contributed by atoms with Gasteiger partial charge in [-0.2, -0.15) is 0 Å². The van der Waals surface area contributed by atoms with Gasteiger partial charge in [0.2, 0.25) is 5.91 Å². The van der Waals surface area contributed by atoms with E-state index in [1.54, 1.807) is 6.07 Å². The molecule has 0 spiro atoms. The van der Waals surface area contributed by atoms with Gasteiger partial charge in [0, 0.05) is 5.69 Å². The zero-order valence-corrected chi connectivity index (χ0v) is 12.8. The smallest absolute Gasteiger partial charge is 0.421 e. The van der Waals surface area contributed by atoms with Gasteiger partial charge in [0.25, 0.3) is 0 Å². The number of nitrogens with one attached hydrogen (secondary N) is 3. The molecule has 0 atom stereocenters. The van der Waals surface area contributed by atoms with Gasteiger partial charge in [-0.3, -0.25) is 10.2 Å². The van der Waals surface area contributed by atoms with E-state index in [0.29, 0.717) is 5.69 Å². The van der Waals surface area contributed by atoms with Crippen LogP contribution in [0.5, 0.6) is 0 Å². The number of ether oxygens (including phenoxy) is 1. The molecule has 0 aliphatic rings. The molecule has 0 aliphatic heterocycles. The van der Waals surface area contributed by atoms with Crippen molar-refractivity contribution in [1.82, 2.24) is 10.9 Å². The Balaban J connectivity index is 1.64. The largest absolute Gasteiger partial charge is 0.444 e. The number of hydrogen-bond acceptors (Lipinski definition) is 4. The molecule has 6 nitrogen and oxygen atoms in total. The van der Waals surface area contributed by atoms with Crippen LogP contribution in [-0.2, 0) is 16.1 Å². The van der Waals surface area contributed by atoms with Crippen LogP contribution in [0.25, 0.3) is 0 Å². The van der Waals surface area contributed by atoms with Crippen LogP contribution in [-0.4, -0.2) is 18.5 Å². The van der Waals surface area contributed by atoms with Gasteiger partial charge in [0.05, 0.1) is 6.54 Å². The van der Waals surface area contributed by atoms with Crippen molar-refractivity contribution in [3.05, 3.63) is 65.7 Å². The first-order valence-corrected chi connectivity index (χ1v) is 7.19. The van der Waals surface area contributed by atoms with Crippen LogP contribution in [0.15, 0.2) is 54.6 Å². The number of anilines is 1. The van der Waals surface area contributed by atoms with Gasteiger partial charge in [-0.25, -0.2) is 10.2 Å². The van der Waals surface area contributed by atoms with Crippen molar-refractivity contribution in [3.63, 3.8) is 0 Å². The van der Waals surface area contributed by atoms with Crippen LogP contribution in [0.3, 0.4) is 0 Å². The molecule has 0 saturated heterocycles. The number of hydrogen-bond donors (Lipinski definition) is 3. The summed E-state index contributed by atoms with van der Waals surface area (Å²) in [6.45, 7) is 2.05. The summed E-state index contributed by atoms with van der Waals surface area (Å²) in [4.78, 5) is 23.2. The molecule has 0 fully saturated rings. The highest BCUT2D eigenvalue weighted by atomic mass is 16.6. The highest BCUT2D eigenvalue weighted by molar-refractivity contribution is 5.92. The lowest BCUT2D eigenvalue weighted by atomic mass is 10.2. The van der Waals surface area contributed by atoms with Gasteiger partial charge < -0.3 is 10.1 Å². The van der Waals surface area contributed by atoms with Crippen LogP contribution in [0.4, 0.5) is 10.5 Å². The van der Waals surface area contributed by atoms with Gasteiger partial charge in [0.1, 0.15) is 6.61 Å². The molecule has 0 heterocycles. The second-order valence-corrected chi connectivity index (χ2v) is 4.96. The summed E-state index contributed by atoms with van der Waals surface area (Å²) >= 11 is 0. The van der Waals surface area contributed by atoms with E-state index in [1.165, 1.54) is 0 Å². The highest BCUT2D eigenvalue weighted by Crippen LogP contribution is 2.08. The van der Waals surface area contributed by atoms with Crippen molar-refractivity contribution in [3.8, 4) is 0 Å². The molecular formula is C17H19N3O3. The van der Waals surface area contributed by atoms with Crippen molar-refractivity contribution in [1.29, 1.82) is 0 Å². The monoisotopic (exact) mass is 313 g/mol. The van der Waals surface area contributed by atoms with Gasteiger partial charge in [-0.15, -0.1) is 0 Å². The quantitative estimate of drug-likeness (QED) is 0.715. The Hall–Kier alpha value is -2.86. The molecule has 2 aromatic carbocycles. The van der Waals surface area contributed by atoms with E-state index >= 15 is 0 Å². The molecule has 2 rings (SSSR count). The molecule has 0 aromatic heterocycles. The maximum absolute atomic E-state index is 11.7. The van der Waals surface area contributed by atoms with E-state index in [0.717, 1.165) is 11.1 Å². The third-order valence-corrected chi connectivity index (χ3v) is 2.95. The Morgan fingerprint density at radius 3 is 2.57 bits per heavy atom. The Bertz CT molecular complexity index is 659. The first-order chi connectivity index (χ1) is 11.1. The fraction of sp³-hybridized carbons (Fsp3) is 0.176. The SMILES string of the molecule is Cc1cccc(NC(=O)CNNC(=O)OCc2ccccc2)c1. The number of rotatable bonds is 6. The minimum Gasteiger partial charge on any atom is -0.444 e. The van der Waals surface area contributed by atoms with E-state index in [2.05, 4.69) is 16.2 Å². The molecule has 2 aromatic rings. The van der Waals surface area contributed by atoms with Crippen LogP contribution in [0.2, 0.25) is 0 Å². The average Bonchev–Trinajstić information content (AvgIpc) is 2.54. The van der Waals surface area contributed by atoms with Crippen LogP contribution in [0.1, 0.15) is 11.1 Å². The third-order valence-electron chi connectivity index (χ3n) is 2.95. The van der Waals surface area contributed by atoms with Crippen molar-refractivity contribution in [2.75, 3.05) is 11.9 Å². The highest BCUT2D eigenvalue weighted by Gasteiger charge is 2.05. The number of aryl methyl sites for hydroxylation is 1. The minimum atomic E-state index is -0.641. The molecule has 23 heavy (non-hydrogen) atoms. The lowest BCUT2D eigenvalue weighted by Crippen LogP contribution is -2.42.